The minimum absolute atomic E-state index is 0.0581. The average Bonchev–Trinajstić information content (AvgIpc) is 2.62. The Bertz CT molecular complexity index is 710. The molecule has 0 radical (unpaired) electrons. The number of likely N-dealkylation sites (N-methyl/N-ethyl adjacent to an activating group) is 1. The molecule has 0 aliphatic carbocycles. The number of piperazine rings is 1. The number of carbonyl (C=O) groups excluding carboxylic acids is 2. The number of methoxy groups -OCH3 is 1. The van der Waals surface area contributed by atoms with Gasteiger partial charge in [-0.3, -0.25) is 9.69 Å². The first-order valence-electron chi connectivity index (χ1n) is 8.06. The first kappa shape index (κ1) is 19.4. The zero-order chi connectivity index (χ0) is 18.4. The number of carbonyl (C=O) groups is 2. The lowest BCUT2D eigenvalue weighted by Crippen LogP contribution is -2.51. The summed E-state index contributed by atoms with van der Waals surface area (Å²) in [5.74, 6) is -0.569. The molecule has 0 unspecified atom stereocenters. The van der Waals surface area contributed by atoms with Crippen molar-refractivity contribution < 1.29 is 22.7 Å². The van der Waals surface area contributed by atoms with Gasteiger partial charge in [0.2, 0.25) is 15.9 Å². The fourth-order valence-corrected chi connectivity index (χ4v) is 4.04. The number of benzene rings is 1. The standard InChI is InChI=1S/C16H23N3O5S/c1-3-17-15(20)12-18-8-10-19(11-9-18)25(22,23)14-6-4-13(5-7-14)16(21)24-2/h4-7H,3,8-12H2,1-2H3,(H,17,20). The largest absolute Gasteiger partial charge is 0.465 e. The van der Waals surface area contributed by atoms with Gasteiger partial charge < -0.3 is 10.1 Å². The van der Waals surface area contributed by atoms with E-state index >= 15 is 0 Å². The molecule has 0 spiro atoms. The monoisotopic (exact) mass is 369 g/mol. The highest BCUT2D eigenvalue weighted by Gasteiger charge is 2.29. The smallest absolute Gasteiger partial charge is 0.337 e. The minimum Gasteiger partial charge on any atom is -0.465 e. The van der Waals surface area contributed by atoms with E-state index < -0.39 is 16.0 Å². The molecule has 2 rings (SSSR count). The number of hydrogen-bond donors (Lipinski definition) is 1. The van der Waals surface area contributed by atoms with Gasteiger partial charge in [-0.05, 0) is 31.2 Å². The second kappa shape index (κ2) is 8.41. The quantitative estimate of drug-likeness (QED) is 0.705. The summed E-state index contributed by atoms with van der Waals surface area (Å²) < 4.78 is 31.4. The van der Waals surface area contributed by atoms with E-state index in [2.05, 4.69) is 10.1 Å². The maximum Gasteiger partial charge on any atom is 0.337 e. The number of esters is 1. The lowest BCUT2D eigenvalue weighted by Gasteiger charge is -2.33. The summed E-state index contributed by atoms with van der Waals surface area (Å²) in [5, 5.41) is 2.73. The second-order valence-electron chi connectivity index (χ2n) is 5.65. The van der Waals surface area contributed by atoms with Gasteiger partial charge in [0.25, 0.3) is 0 Å². The van der Waals surface area contributed by atoms with Gasteiger partial charge in [0.1, 0.15) is 0 Å². The Morgan fingerprint density at radius 2 is 1.72 bits per heavy atom. The van der Waals surface area contributed by atoms with Gasteiger partial charge in [0.05, 0.1) is 24.1 Å². The van der Waals surface area contributed by atoms with Crippen molar-refractivity contribution >= 4 is 21.9 Å². The fraction of sp³-hybridized carbons (Fsp3) is 0.500. The Morgan fingerprint density at radius 1 is 1.12 bits per heavy atom. The minimum atomic E-state index is -3.62. The van der Waals surface area contributed by atoms with Crippen LogP contribution in [0.1, 0.15) is 17.3 Å². The van der Waals surface area contributed by atoms with Crippen molar-refractivity contribution in [2.45, 2.75) is 11.8 Å². The molecule has 1 aromatic carbocycles. The van der Waals surface area contributed by atoms with Crippen molar-refractivity contribution in [1.82, 2.24) is 14.5 Å². The van der Waals surface area contributed by atoms with Crippen molar-refractivity contribution in [2.24, 2.45) is 0 Å². The van der Waals surface area contributed by atoms with E-state index in [0.717, 1.165) is 0 Å². The van der Waals surface area contributed by atoms with Gasteiger partial charge in [-0.2, -0.15) is 4.31 Å². The van der Waals surface area contributed by atoms with E-state index in [1.54, 1.807) is 0 Å². The number of amides is 1. The van der Waals surface area contributed by atoms with Crippen molar-refractivity contribution in [1.29, 1.82) is 0 Å². The number of hydrogen-bond acceptors (Lipinski definition) is 6. The van der Waals surface area contributed by atoms with E-state index in [4.69, 9.17) is 0 Å². The van der Waals surface area contributed by atoms with E-state index in [1.807, 2.05) is 11.8 Å². The highest BCUT2D eigenvalue weighted by molar-refractivity contribution is 7.89. The SMILES string of the molecule is CCNC(=O)CN1CCN(S(=O)(=O)c2ccc(C(=O)OC)cc2)CC1. The number of nitrogens with zero attached hydrogens (tertiary/aromatic N) is 2. The summed E-state index contributed by atoms with van der Waals surface area (Å²) in [6, 6.07) is 5.68. The molecule has 1 fully saturated rings. The lowest BCUT2D eigenvalue weighted by molar-refractivity contribution is -0.122. The molecule has 138 valence electrons. The maximum absolute atomic E-state index is 12.7. The molecule has 0 atom stereocenters. The van der Waals surface area contributed by atoms with Crippen LogP contribution in [0.3, 0.4) is 0 Å². The summed E-state index contributed by atoms with van der Waals surface area (Å²) in [5.41, 5.74) is 0.299. The normalized spacial score (nSPS) is 16.4. The average molecular weight is 369 g/mol. The first-order valence-corrected chi connectivity index (χ1v) is 9.50. The Labute approximate surface area is 147 Å². The molecule has 1 N–H and O–H groups in total. The number of nitrogens with one attached hydrogen (secondary N) is 1. The number of sulfonamides is 1. The van der Waals surface area contributed by atoms with Crippen LogP contribution in [0.25, 0.3) is 0 Å². The van der Waals surface area contributed by atoms with Crippen LogP contribution >= 0.6 is 0 Å². The molecule has 1 amide bonds. The molecule has 1 aromatic rings. The second-order valence-corrected chi connectivity index (χ2v) is 7.59. The zero-order valence-electron chi connectivity index (χ0n) is 14.4. The topological polar surface area (TPSA) is 96.0 Å². The number of rotatable bonds is 6. The first-order chi connectivity index (χ1) is 11.9. The summed E-state index contributed by atoms with van der Waals surface area (Å²) in [4.78, 5) is 25.1. The van der Waals surface area contributed by atoms with Gasteiger partial charge in [0.15, 0.2) is 0 Å². The summed E-state index contributed by atoms with van der Waals surface area (Å²) >= 11 is 0. The highest BCUT2D eigenvalue weighted by atomic mass is 32.2. The van der Waals surface area contributed by atoms with Gasteiger partial charge >= 0.3 is 5.97 Å². The molecule has 0 bridgehead atoms. The number of ether oxygens (including phenoxy) is 1. The maximum atomic E-state index is 12.7. The molecule has 1 aliphatic heterocycles. The third kappa shape index (κ3) is 4.77. The van der Waals surface area contributed by atoms with Gasteiger partial charge in [-0.1, -0.05) is 0 Å². The Morgan fingerprint density at radius 3 is 2.24 bits per heavy atom. The van der Waals surface area contributed by atoms with E-state index in [0.29, 0.717) is 38.3 Å². The predicted molar refractivity (Wildman–Crippen MR) is 91.7 cm³/mol. The third-order valence-corrected chi connectivity index (χ3v) is 5.90. The molecular formula is C16H23N3O5S. The van der Waals surface area contributed by atoms with Crippen LogP contribution in [0.15, 0.2) is 29.2 Å². The van der Waals surface area contributed by atoms with Gasteiger partial charge in [0, 0.05) is 32.7 Å². The van der Waals surface area contributed by atoms with Crippen LogP contribution in [0.2, 0.25) is 0 Å². The van der Waals surface area contributed by atoms with Crippen molar-refractivity contribution in [3.8, 4) is 0 Å². The molecule has 1 aliphatic rings. The summed E-state index contributed by atoms with van der Waals surface area (Å²) in [6.45, 7) is 4.34. The van der Waals surface area contributed by atoms with Crippen molar-refractivity contribution in [2.75, 3.05) is 46.4 Å². The van der Waals surface area contributed by atoms with E-state index in [9.17, 15) is 18.0 Å². The summed E-state index contributed by atoms with van der Waals surface area (Å²) in [7, 11) is -2.35. The molecule has 9 heteroatoms. The Kier molecular flexibility index (Phi) is 6.51. The lowest BCUT2D eigenvalue weighted by atomic mass is 10.2. The van der Waals surface area contributed by atoms with Crippen molar-refractivity contribution in [3.63, 3.8) is 0 Å². The van der Waals surface area contributed by atoms with Crippen LogP contribution in [0.5, 0.6) is 0 Å². The molecule has 25 heavy (non-hydrogen) atoms. The van der Waals surface area contributed by atoms with Gasteiger partial charge in [-0.15, -0.1) is 0 Å². The molecule has 0 saturated carbocycles. The fourth-order valence-electron chi connectivity index (χ4n) is 2.61. The molecule has 0 aromatic heterocycles. The van der Waals surface area contributed by atoms with Crippen LogP contribution in [-0.4, -0.2) is 75.9 Å². The Hall–Kier alpha value is -1.97. The molecule has 1 saturated heterocycles. The molecule has 1 heterocycles. The molecular weight excluding hydrogens is 346 g/mol. The van der Waals surface area contributed by atoms with Crippen LogP contribution in [0.4, 0.5) is 0 Å². The molecule has 8 nitrogen and oxygen atoms in total. The van der Waals surface area contributed by atoms with E-state index in [-0.39, 0.29) is 17.3 Å². The van der Waals surface area contributed by atoms with Crippen LogP contribution < -0.4 is 5.32 Å². The zero-order valence-corrected chi connectivity index (χ0v) is 15.2. The van der Waals surface area contributed by atoms with E-state index in [1.165, 1.54) is 35.7 Å². The third-order valence-electron chi connectivity index (χ3n) is 3.99. The summed E-state index contributed by atoms with van der Waals surface area (Å²) in [6.07, 6.45) is 0. The van der Waals surface area contributed by atoms with Gasteiger partial charge in [-0.25, -0.2) is 13.2 Å². The predicted octanol–water partition coefficient (Wildman–Crippen LogP) is -0.0844. The van der Waals surface area contributed by atoms with Crippen molar-refractivity contribution in [3.05, 3.63) is 29.8 Å². The van der Waals surface area contributed by atoms with Crippen LogP contribution in [0, 0.1) is 0 Å². The van der Waals surface area contributed by atoms with Crippen LogP contribution in [-0.2, 0) is 19.6 Å². The highest BCUT2D eigenvalue weighted by Crippen LogP contribution is 2.18. The Balaban J connectivity index is 1.99.